The van der Waals surface area contributed by atoms with Crippen LogP contribution in [0, 0.1) is 5.82 Å². The number of rotatable bonds is 10. The molecule has 30 heavy (non-hydrogen) atoms. The van der Waals surface area contributed by atoms with E-state index >= 15 is 0 Å². The van der Waals surface area contributed by atoms with E-state index in [-0.39, 0.29) is 36.8 Å². The van der Waals surface area contributed by atoms with Gasteiger partial charge in [0, 0.05) is 12.6 Å². The molecule has 0 saturated carbocycles. The van der Waals surface area contributed by atoms with Crippen LogP contribution in [0.15, 0.2) is 48.5 Å². The molecule has 0 spiro atoms. The fourth-order valence-electron chi connectivity index (χ4n) is 2.73. The highest BCUT2D eigenvalue weighted by atomic mass is 19.1. The topological polar surface area (TPSA) is 67.9 Å². The number of hydrogen-bond donors (Lipinski definition) is 1. The van der Waals surface area contributed by atoms with E-state index in [1.807, 2.05) is 13.8 Å². The SMILES string of the molecule is CC[C@@H](C)NC(=O)[C@H](C)N(Cc1ccc(F)cc1)C(=O)COc1ccc(OC)cc1. The van der Waals surface area contributed by atoms with Crippen molar-refractivity contribution >= 4 is 11.8 Å². The van der Waals surface area contributed by atoms with Gasteiger partial charge in [0.05, 0.1) is 7.11 Å². The quantitative estimate of drug-likeness (QED) is 0.643. The molecule has 7 heteroatoms. The number of hydrogen-bond acceptors (Lipinski definition) is 4. The zero-order valence-corrected chi connectivity index (χ0v) is 17.9. The number of nitrogens with zero attached hydrogens (tertiary/aromatic N) is 1. The highest BCUT2D eigenvalue weighted by Crippen LogP contribution is 2.18. The first-order chi connectivity index (χ1) is 14.3. The van der Waals surface area contributed by atoms with Gasteiger partial charge in [-0.25, -0.2) is 4.39 Å². The Morgan fingerprint density at radius 2 is 1.63 bits per heavy atom. The summed E-state index contributed by atoms with van der Waals surface area (Å²) in [5, 5.41) is 2.90. The molecular formula is C23H29FN2O4. The minimum Gasteiger partial charge on any atom is -0.497 e. The molecule has 0 aliphatic heterocycles. The number of nitrogens with one attached hydrogen (secondary N) is 1. The standard InChI is InChI=1S/C23H29FN2O4/c1-5-16(2)25-23(28)17(3)26(14-18-6-8-19(24)9-7-18)22(27)15-30-21-12-10-20(29-4)11-13-21/h6-13,16-17H,5,14-15H2,1-4H3,(H,25,28)/t16-,17+/m1/s1. The van der Waals surface area contributed by atoms with E-state index in [1.54, 1.807) is 50.4 Å². The molecule has 0 heterocycles. The zero-order chi connectivity index (χ0) is 22.1. The van der Waals surface area contributed by atoms with E-state index < -0.39 is 6.04 Å². The van der Waals surface area contributed by atoms with Crippen LogP contribution >= 0.6 is 0 Å². The molecule has 6 nitrogen and oxygen atoms in total. The van der Waals surface area contributed by atoms with Gasteiger partial charge in [-0.05, 0) is 62.2 Å². The van der Waals surface area contributed by atoms with E-state index in [0.717, 1.165) is 12.0 Å². The van der Waals surface area contributed by atoms with Gasteiger partial charge in [-0.3, -0.25) is 9.59 Å². The van der Waals surface area contributed by atoms with Crippen molar-refractivity contribution in [3.8, 4) is 11.5 Å². The molecule has 2 rings (SSSR count). The summed E-state index contributed by atoms with van der Waals surface area (Å²) in [6, 6.07) is 12.0. The monoisotopic (exact) mass is 416 g/mol. The van der Waals surface area contributed by atoms with Gasteiger partial charge in [0.1, 0.15) is 23.4 Å². The molecule has 2 aromatic rings. The number of halogens is 1. The first-order valence-corrected chi connectivity index (χ1v) is 9.95. The Kier molecular flexibility index (Phi) is 8.65. The fraction of sp³-hybridized carbons (Fsp3) is 0.391. The molecule has 1 N–H and O–H groups in total. The Labute approximate surface area is 177 Å². The van der Waals surface area contributed by atoms with Crippen molar-refractivity contribution in [1.82, 2.24) is 10.2 Å². The maximum atomic E-state index is 13.2. The molecule has 2 atom stereocenters. The lowest BCUT2D eigenvalue weighted by atomic mass is 10.1. The molecule has 2 amide bonds. The fourth-order valence-corrected chi connectivity index (χ4v) is 2.73. The average molecular weight is 416 g/mol. The maximum absolute atomic E-state index is 13.2. The van der Waals surface area contributed by atoms with E-state index in [2.05, 4.69) is 5.32 Å². The normalized spacial score (nSPS) is 12.6. The Balaban J connectivity index is 2.12. The molecule has 162 valence electrons. The van der Waals surface area contributed by atoms with Crippen molar-refractivity contribution in [3.05, 3.63) is 59.9 Å². The van der Waals surface area contributed by atoms with Gasteiger partial charge in [-0.2, -0.15) is 0 Å². The van der Waals surface area contributed by atoms with Crippen LogP contribution < -0.4 is 14.8 Å². The zero-order valence-electron chi connectivity index (χ0n) is 17.9. The second-order valence-corrected chi connectivity index (χ2v) is 7.11. The lowest BCUT2D eigenvalue weighted by Crippen LogP contribution is -2.50. The summed E-state index contributed by atoms with van der Waals surface area (Å²) in [4.78, 5) is 27.0. The summed E-state index contributed by atoms with van der Waals surface area (Å²) in [5.41, 5.74) is 0.720. The van der Waals surface area contributed by atoms with Gasteiger partial charge >= 0.3 is 0 Å². The highest BCUT2D eigenvalue weighted by molar-refractivity contribution is 5.88. The minimum atomic E-state index is -0.712. The summed E-state index contributed by atoms with van der Waals surface area (Å²) >= 11 is 0. The van der Waals surface area contributed by atoms with E-state index in [1.165, 1.54) is 17.0 Å². The lowest BCUT2D eigenvalue weighted by molar-refractivity contribution is -0.142. The number of amides is 2. The predicted molar refractivity (Wildman–Crippen MR) is 113 cm³/mol. The van der Waals surface area contributed by atoms with Crippen LogP contribution in [0.1, 0.15) is 32.8 Å². The summed E-state index contributed by atoms with van der Waals surface area (Å²) in [6.07, 6.45) is 0.783. The highest BCUT2D eigenvalue weighted by Gasteiger charge is 2.27. The van der Waals surface area contributed by atoms with Gasteiger partial charge in [-0.1, -0.05) is 19.1 Å². The van der Waals surface area contributed by atoms with Gasteiger partial charge in [-0.15, -0.1) is 0 Å². The van der Waals surface area contributed by atoms with Crippen molar-refractivity contribution < 1.29 is 23.5 Å². The second kappa shape index (κ2) is 11.2. The molecular weight excluding hydrogens is 387 g/mol. The van der Waals surface area contributed by atoms with Crippen molar-refractivity contribution in [2.45, 2.75) is 45.8 Å². The summed E-state index contributed by atoms with van der Waals surface area (Å²) in [5.74, 6) is 0.248. The third kappa shape index (κ3) is 6.76. The Hall–Kier alpha value is -3.09. The molecule has 0 bridgehead atoms. The molecule has 2 aromatic carbocycles. The van der Waals surface area contributed by atoms with E-state index in [4.69, 9.17) is 9.47 Å². The van der Waals surface area contributed by atoms with Crippen LogP contribution in [0.25, 0.3) is 0 Å². The van der Waals surface area contributed by atoms with E-state index in [9.17, 15) is 14.0 Å². The van der Waals surface area contributed by atoms with Crippen molar-refractivity contribution in [1.29, 1.82) is 0 Å². The molecule has 0 radical (unpaired) electrons. The summed E-state index contributed by atoms with van der Waals surface area (Å²) in [7, 11) is 1.57. The smallest absolute Gasteiger partial charge is 0.261 e. The van der Waals surface area contributed by atoms with Crippen LogP contribution in [0.4, 0.5) is 4.39 Å². The second-order valence-electron chi connectivity index (χ2n) is 7.11. The van der Waals surface area contributed by atoms with Crippen LogP contribution in [0.5, 0.6) is 11.5 Å². The molecule has 0 aliphatic carbocycles. The largest absolute Gasteiger partial charge is 0.497 e. The third-order valence-electron chi connectivity index (χ3n) is 4.86. The minimum absolute atomic E-state index is 0.00160. The third-order valence-corrected chi connectivity index (χ3v) is 4.86. The number of methoxy groups -OCH3 is 1. The molecule has 0 aromatic heterocycles. The van der Waals surface area contributed by atoms with Crippen molar-refractivity contribution in [3.63, 3.8) is 0 Å². The van der Waals surface area contributed by atoms with Crippen LogP contribution in [0.3, 0.4) is 0 Å². The summed E-state index contributed by atoms with van der Waals surface area (Å²) in [6.45, 7) is 5.49. The Morgan fingerprint density at radius 1 is 1.03 bits per heavy atom. The lowest BCUT2D eigenvalue weighted by Gasteiger charge is -2.29. The van der Waals surface area contributed by atoms with Crippen LogP contribution in [-0.2, 0) is 16.1 Å². The number of benzene rings is 2. The van der Waals surface area contributed by atoms with E-state index in [0.29, 0.717) is 11.5 Å². The van der Waals surface area contributed by atoms with Crippen LogP contribution in [0.2, 0.25) is 0 Å². The molecule has 0 fully saturated rings. The number of carbonyl (C=O) groups excluding carboxylic acids is 2. The number of carbonyl (C=O) groups is 2. The van der Waals surface area contributed by atoms with Gasteiger partial charge in [0.2, 0.25) is 5.91 Å². The predicted octanol–water partition coefficient (Wildman–Crippen LogP) is 3.55. The van der Waals surface area contributed by atoms with Crippen LogP contribution in [-0.4, -0.2) is 42.5 Å². The summed E-state index contributed by atoms with van der Waals surface area (Å²) < 4.78 is 23.9. The number of ether oxygens (including phenoxy) is 2. The first-order valence-electron chi connectivity index (χ1n) is 9.95. The van der Waals surface area contributed by atoms with Crippen molar-refractivity contribution in [2.75, 3.05) is 13.7 Å². The average Bonchev–Trinajstić information content (AvgIpc) is 2.76. The van der Waals surface area contributed by atoms with Gasteiger partial charge in [0.15, 0.2) is 6.61 Å². The molecule has 0 saturated heterocycles. The molecule has 0 unspecified atom stereocenters. The van der Waals surface area contributed by atoms with Gasteiger partial charge in [0.25, 0.3) is 5.91 Å². The Morgan fingerprint density at radius 3 is 2.20 bits per heavy atom. The Bertz CT molecular complexity index is 824. The molecule has 0 aliphatic rings. The van der Waals surface area contributed by atoms with Crippen molar-refractivity contribution in [2.24, 2.45) is 0 Å². The first kappa shape index (κ1) is 23.2. The maximum Gasteiger partial charge on any atom is 0.261 e. The van der Waals surface area contributed by atoms with Gasteiger partial charge < -0.3 is 19.7 Å².